The van der Waals surface area contributed by atoms with Crippen LogP contribution in [0.2, 0.25) is 0 Å². The van der Waals surface area contributed by atoms with Crippen LogP contribution < -0.4 is 9.47 Å². The summed E-state index contributed by atoms with van der Waals surface area (Å²) in [5.41, 5.74) is -2.51. The van der Waals surface area contributed by atoms with E-state index in [9.17, 15) is 22.7 Å². The maximum atomic E-state index is 15.9. The van der Waals surface area contributed by atoms with Gasteiger partial charge in [0.2, 0.25) is 0 Å². The number of tetrazole rings is 1. The number of alkyl halides is 5. The molecule has 3 aromatic carbocycles. The lowest BCUT2D eigenvalue weighted by atomic mass is 9.80. The number of hydrogen-bond donors (Lipinski definition) is 1. The summed E-state index contributed by atoms with van der Waals surface area (Å²) in [7, 11) is 0. The summed E-state index contributed by atoms with van der Waals surface area (Å²) in [5.74, 6) is 1.20. The summed E-state index contributed by atoms with van der Waals surface area (Å²) < 4.78 is 93.6. The van der Waals surface area contributed by atoms with Gasteiger partial charge in [-0.25, -0.2) is 9.07 Å². The van der Waals surface area contributed by atoms with Crippen LogP contribution in [0.1, 0.15) is 27.9 Å². The van der Waals surface area contributed by atoms with Crippen molar-refractivity contribution >= 4 is 0 Å². The zero-order valence-corrected chi connectivity index (χ0v) is 22.8. The highest BCUT2D eigenvalue weighted by atomic mass is 19.4. The SMILES string of the molecule is OC1(C(F)(F)c2ccc(C#Cc3ccc(OCc4cccc(OC(F)(F)F)c4)cc3)cn2)Cn2nnnc2-c2cc(F)ccc21. The number of aliphatic hydroxyl groups is 1. The Labute approximate surface area is 250 Å². The molecule has 2 aromatic heterocycles. The average molecular weight is 624 g/mol. The number of pyridine rings is 1. The Morgan fingerprint density at radius 2 is 1.64 bits per heavy atom. The molecule has 0 amide bonds. The third-order valence-corrected chi connectivity index (χ3v) is 6.93. The maximum absolute atomic E-state index is 15.9. The van der Waals surface area contributed by atoms with Crippen molar-refractivity contribution in [3.05, 3.63) is 119 Å². The monoisotopic (exact) mass is 623 g/mol. The van der Waals surface area contributed by atoms with Gasteiger partial charge in [-0.1, -0.05) is 30.0 Å². The van der Waals surface area contributed by atoms with Crippen molar-refractivity contribution in [1.29, 1.82) is 0 Å². The van der Waals surface area contributed by atoms with Gasteiger partial charge in [0.25, 0.3) is 0 Å². The fraction of sp³-hybridized carbons (Fsp3) is 0.161. The van der Waals surface area contributed by atoms with Gasteiger partial charge in [-0.15, -0.1) is 18.3 Å². The number of halogens is 6. The maximum Gasteiger partial charge on any atom is 0.573 e. The lowest BCUT2D eigenvalue weighted by Crippen LogP contribution is -2.49. The highest BCUT2D eigenvalue weighted by Gasteiger charge is 2.59. The Kier molecular flexibility index (Phi) is 7.41. The molecule has 1 atom stereocenters. The van der Waals surface area contributed by atoms with Crippen LogP contribution in [0, 0.1) is 17.7 Å². The lowest BCUT2D eigenvalue weighted by molar-refractivity contribution is -0.274. The van der Waals surface area contributed by atoms with Gasteiger partial charge in [-0.3, -0.25) is 4.98 Å². The summed E-state index contributed by atoms with van der Waals surface area (Å²) in [4.78, 5) is 3.87. The minimum atomic E-state index is -4.80. The molecular formula is C31H19F6N5O3. The van der Waals surface area contributed by atoms with Crippen molar-refractivity contribution in [2.24, 2.45) is 0 Å². The number of hydrogen-bond acceptors (Lipinski definition) is 7. The van der Waals surface area contributed by atoms with Crippen molar-refractivity contribution in [1.82, 2.24) is 25.2 Å². The van der Waals surface area contributed by atoms with E-state index in [2.05, 4.69) is 37.1 Å². The lowest BCUT2D eigenvalue weighted by Gasteiger charge is -2.39. The Balaban J connectivity index is 1.14. The van der Waals surface area contributed by atoms with E-state index in [1.165, 1.54) is 24.3 Å². The van der Waals surface area contributed by atoms with Crippen molar-refractivity contribution in [3.8, 4) is 34.7 Å². The minimum Gasteiger partial charge on any atom is -0.489 e. The van der Waals surface area contributed by atoms with Gasteiger partial charge in [-0.05, 0) is 76.7 Å². The molecule has 1 aliphatic heterocycles. The molecule has 0 aliphatic carbocycles. The van der Waals surface area contributed by atoms with Gasteiger partial charge in [0.05, 0.1) is 6.54 Å². The van der Waals surface area contributed by atoms with E-state index in [-0.39, 0.29) is 29.3 Å². The molecule has 1 aliphatic rings. The second-order valence-corrected chi connectivity index (χ2v) is 9.98. The molecule has 45 heavy (non-hydrogen) atoms. The molecule has 0 bridgehead atoms. The van der Waals surface area contributed by atoms with Gasteiger partial charge in [-0.2, -0.15) is 8.78 Å². The van der Waals surface area contributed by atoms with Gasteiger partial charge >= 0.3 is 12.3 Å². The molecule has 6 rings (SSSR count). The highest BCUT2D eigenvalue weighted by Crippen LogP contribution is 2.50. The molecule has 0 radical (unpaired) electrons. The van der Waals surface area contributed by atoms with Crippen molar-refractivity contribution in [2.45, 2.75) is 31.0 Å². The van der Waals surface area contributed by atoms with Gasteiger partial charge < -0.3 is 14.6 Å². The van der Waals surface area contributed by atoms with Crippen molar-refractivity contribution in [2.75, 3.05) is 0 Å². The zero-order valence-electron chi connectivity index (χ0n) is 22.8. The molecule has 0 fully saturated rings. The van der Waals surface area contributed by atoms with Gasteiger partial charge in [0.1, 0.15) is 29.6 Å². The molecule has 0 saturated heterocycles. The average Bonchev–Trinajstić information content (AvgIpc) is 3.47. The second-order valence-electron chi connectivity index (χ2n) is 9.98. The van der Waals surface area contributed by atoms with Crippen LogP contribution >= 0.6 is 0 Å². The first kappa shape index (κ1) is 29.6. The molecule has 3 heterocycles. The zero-order chi connectivity index (χ0) is 31.8. The second kappa shape index (κ2) is 11.3. The number of fused-ring (bicyclic) bond motifs is 3. The predicted octanol–water partition coefficient (Wildman–Crippen LogP) is 5.74. The first-order valence-corrected chi connectivity index (χ1v) is 13.1. The van der Waals surface area contributed by atoms with E-state index in [0.29, 0.717) is 22.4 Å². The Morgan fingerprint density at radius 1 is 0.889 bits per heavy atom. The highest BCUT2D eigenvalue weighted by molar-refractivity contribution is 5.64. The Hall–Kier alpha value is -5.42. The molecule has 5 aromatic rings. The van der Waals surface area contributed by atoms with Crippen molar-refractivity contribution in [3.63, 3.8) is 0 Å². The standard InChI is InChI=1S/C31H19F6N5O3/c32-22-9-12-26-25(15-22)28-39-40-41-42(28)18-29(26,43)30(33,34)27-13-8-20(16-38-27)5-4-19-6-10-23(11-7-19)44-17-21-2-1-3-24(14-21)45-31(35,36)37/h1-3,6-16,43H,17-18H2. The summed E-state index contributed by atoms with van der Waals surface area (Å²) in [6.07, 6.45) is -3.65. The third-order valence-electron chi connectivity index (χ3n) is 6.93. The van der Waals surface area contributed by atoms with Gasteiger partial charge in [0.15, 0.2) is 11.4 Å². The Morgan fingerprint density at radius 3 is 2.38 bits per heavy atom. The number of rotatable bonds is 6. The quantitative estimate of drug-likeness (QED) is 0.190. The first-order valence-electron chi connectivity index (χ1n) is 13.1. The topological polar surface area (TPSA) is 95.2 Å². The predicted molar refractivity (Wildman–Crippen MR) is 145 cm³/mol. The first-order chi connectivity index (χ1) is 21.4. The minimum absolute atomic E-state index is 0.00276. The third kappa shape index (κ3) is 6.02. The molecule has 14 heteroatoms. The van der Waals surface area contributed by atoms with E-state index in [1.807, 2.05) is 0 Å². The molecular weight excluding hydrogens is 604 g/mol. The molecule has 0 saturated carbocycles. The van der Waals surface area contributed by atoms with E-state index < -0.39 is 35.9 Å². The summed E-state index contributed by atoms with van der Waals surface area (Å²) in [6.45, 7) is -0.694. The van der Waals surface area contributed by atoms with Crippen LogP contribution in [-0.2, 0) is 24.7 Å². The summed E-state index contributed by atoms with van der Waals surface area (Å²) in [5, 5.41) is 22.2. The number of ether oxygens (including phenoxy) is 2. The molecule has 0 spiro atoms. The van der Waals surface area contributed by atoms with Crippen LogP contribution in [0.15, 0.2) is 85.1 Å². The van der Waals surface area contributed by atoms with Crippen LogP contribution in [-0.4, -0.2) is 36.7 Å². The van der Waals surface area contributed by atoms with Crippen molar-refractivity contribution < 1.29 is 40.9 Å². The molecule has 228 valence electrons. The fourth-order valence-electron chi connectivity index (χ4n) is 4.78. The van der Waals surface area contributed by atoms with E-state index in [4.69, 9.17) is 4.74 Å². The molecule has 1 N–H and O–H groups in total. The molecule has 8 nitrogen and oxygen atoms in total. The van der Waals surface area contributed by atoms with E-state index in [1.54, 1.807) is 30.3 Å². The van der Waals surface area contributed by atoms with Gasteiger partial charge in [0, 0.05) is 28.5 Å². The largest absolute Gasteiger partial charge is 0.573 e. The fourth-order valence-corrected chi connectivity index (χ4v) is 4.78. The number of nitrogens with zero attached hydrogens (tertiary/aromatic N) is 5. The number of aromatic nitrogens is 5. The van der Waals surface area contributed by atoms with Crippen LogP contribution in [0.4, 0.5) is 26.3 Å². The number of benzene rings is 3. The van der Waals surface area contributed by atoms with Crippen LogP contribution in [0.25, 0.3) is 11.4 Å². The van der Waals surface area contributed by atoms with E-state index in [0.717, 1.165) is 35.1 Å². The van der Waals surface area contributed by atoms with Crippen LogP contribution in [0.3, 0.4) is 0 Å². The normalized spacial score (nSPS) is 15.8. The van der Waals surface area contributed by atoms with Crippen LogP contribution in [0.5, 0.6) is 11.5 Å². The van der Waals surface area contributed by atoms with E-state index >= 15 is 8.78 Å². The molecule has 1 unspecified atom stereocenters. The smallest absolute Gasteiger partial charge is 0.489 e. The summed E-state index contributed by atoms with van der Waals surface area (Å²) >= 11 is 0. The summed E-state index contributed by atoms with van der Waals surface area (Å²) in [6, 6.07) is 17.4. The Bertz CT molecular complexity index is 1920.